The number of hydrogen-bond acceptors (Lipinski definition) is 4. The summed E-state index contributed by atoms with van der Waals surface area (Å²) in [6.07, 6.45) is 0. The molecule has 0 aromatic heterocycles. The van der Waals surface area contributed by atoms with Crippen molar-refractivity contribution >= 4 is 27.4 Å². The van der Waals surface area contributed by atoms with Crippen LogP contribution >= 0.6 is 15.9 Å². The van der Waals surface area contributed by atoms with E-state index < -0.39 is 22.1 Å². The highest BCUT2D eigenvalue weighted by Gasteiger charge is 2.19. The molecule has 0 aliphatic rings. The first-order chi connectivity index (χ1) is 6.57. The van der Waals surface area contributed by atoms with Crippen LogP contribution in [0.2, 0.25) is 0 Å². The monoisotopic (exact) mass is 259 g/mol. The van der Waals surface area contributed by atoms with Crippen molar-refractivity contribution in [3.63, 3.8) is 0 Å². The van der Waals surface area contributed by atoms with Crippen LogP contribution in [-0.4, -0.2) is 21.1 Å². The minimum atomic E-state index is -0.736. The van der Waals surface area contributed by atoms with E-state index in [0.29, 0.717) is 0 Å². The Morgan fingerprint density at radius 3 is 2.71 bits per heavy atom. The minimum absolute atomic E-state index is 0.0156. The second kappa shape index (κ2) is 4.19. The van der Waals surface area contributed by atoms with Gasteiger partial charge in [-0.1, -0.05) is 22.0 Å². The highest BCUT2D eigenvalue weighted by atomic mass is 79.9. The first-order valence-electron chi connectivity index (χ1n) is 3.63. The topological polar surface area (TPSA) is 80.4 Å². The van der Waals surface area contributed by atoms with Crippen LogP contribution in [0.3, 0.4) is 0 Å². The van der Waals surface area contributed by atoms with Crippen LogP contribution in [0.25, 0.3) is 0 Å². The molecule has 0 saturated heterocycles. The first kappa shape index (κ1) is 10.6. The van der Waals surface area contributed by atoms with Crippen molar-refractivity contribution in [1.29, 1.82) is 0 Å². The molecule has 0 aliphatic carbocycles. The Morgan fingerprint density at radius 2 is 2.21 bits per heavy atom. The predicted octanol–water partition coefficient (Wildman–Crippen LogP) is 1.88. The molecule has 1 aromatic carbocycles. The fourth-order valence-corrected chi connectivity index (χ4v) is 1.28. The molecule has 0 fully saturated rings. The molecule has 0 bridgehead atoms. The number of Topliss-reactive ketones (excluding diaryl/α,β-unsaturated/α-hetero) is 1. The molecular formula is C8H6BrNO4. The van der Waals surface area contributed by atoms with Gasteiger partial charge in [0.2, 0.25) is 5.75 Å². The molecule has 14 heavy (non-hydrogen) atoms. The van der Waals surface area contributed by atoms with Gasteiger partial charge in [-0.2, -0.15) is 0 Å². The molecule has 0 atom stereocenters. The molecule has 1 N–H and O–H groups in total. The fourth-order valence-electron chi connectivity index (χ4n) is 0.976. The largest absolute Gasteiger partial charge is 0.502 e. The van der Waals surface area contributed by atoms with Gasteiger partial charge in [0.1, 0.15) is 0 Å². The molecule has 0 amide bonds. The number of alkyl halides is 1. The van der Waals surface area contributed by atoms with E-state index in [-0.39, 0.29) is 10.9 Å². The maximum Gasteiger partial charge on any atom is 0.311 e. The molecule has 0 heterocycles. The van der Waals surface area contributed by atoms with Crippen molar-refractivity contribution in [3.8, 4) is 5.75 Å². The van der Waals surface area contributed by atoms with Crippen LogP contribution in [0.15, 0.2) is 18.2 Å². The van der Waals surface area contributed by atoms with Gasteiger partial charge < -0.3 is 5.11 Å². The predicted molar refractivity (Wildman–Crippen MR) is 52.9 cm³/mol. The van der Waals surface area contributed by atoms with Gasteiger partial charge in [-0.05, 0) is 6.07 Å². The lowest BCUT2D eigenvalue weighted by atomic mass is 10.1. The Kier molecular flexibility index (Phi) is 3.19. The molecule has 6 heteroatoms. The number of phenols is 1. The Labute approximate surface area is 87.6 Å². The Balaban J connectivity index is 3.27. The molecule has 0 radical (unpaired) electrons. The third kappa shape index (κ3) is 1.90. The van der Waals surface area contributed by atoms with Crippen LogP contribution in [0, 0.1) is 10.1 Å². The smallest absolute Gasteiger partial charge is 0.311 e. The summed E-state index contributed by atoms with van der Waals surface area (Å²) in [4.78, 5) is 20.9. The van der Waals surface area contributed by atoms with E-state index in [1.54, 1.807) is 0 Å². The molecule has 5 nitrogen and oxygen atoms in total. The third-order valence-electron chi connectivity index (χ3n) is 1.63. The molecule has 74 valence electrons. The zero-order chi connectivity index (χ0) is 10.7. The zero-order valence-electron chi connectivity index (χ0n) is 6.94. The number of nitro benzene ring substituents is 1. The number of carbonyl (C=O) groups excluding carboxylic acids is 1. The molecule has 0 saturated carbocycles. The number of phenolic OH excluding ortho intramolecular Hbond substituents is 1. The SMILES string of the molecule is O=C(CBr)c1cccc([N+](=O)[O-])c1O. The molecule has 0 spiro atoms. The van der Waals surface area contributed by atoms with Crippen LogP contribution in [0.4, 0.5) is 5.69 Å². The number of nitro groups is 1. The number of carbonyl (C=O) groups is 1. The summed E-state index contributed by atoms with van der Waals surface area (Å²) in [7, 11) is 0. The number of aromatic hydroxyl groups is 1. The summed E-state index contributed by atoms with van der Waals surface area (Å²) in [5.74, 6) is -0.979. The zero-order valence-corrected chi connectivity index (χ0v) is 8.52. The lowest BCUT2D eigenvalue weighted by Crippen LogP contribution is -2.01. The maximum atomic E-state index is 11.2. The Morgan fingerprint density at radius 1 is 1.57 bits per heavy atom. The van der Waals surface area contributed by atoms with Crippen molar-refractivity contribution in [2.45, 2.75) is 0 Å². The van der Waals surface area contributed by atoms with Gasteiger partial charge in [0.15, 0.2) is 5.78 Å². The van der Waals surface area contributed by atoms with Crippen LogP contribution in [0.5, 0.6) is 5.75 Å². The van der Waals surface area contributed by atoms with Crippen molar-refractivity contribution in [2.75, 3.05) is 5.33 Å². The van der Waals surface area contributed by atoms with E-state index in [1.165, 1.54) is 12.1 Å². The number of benzene rings is 1. The summed E-state index contributed by atoms with van der Waals surface area (Å²) in [6, 6.07) is 3.83. The van der Waals surface area contributed by atoms with Gasteiger partial charge in [-0.15, -0.1) is 0 Å². The number of halogens is 1. The average molecular weight is 260 g/mol. The van der Waals surface area contributed by atoms with E-state index >= 15 is 0 Å². The van der Waals surface area contributed by atoms with Crippen LogP contribution in [-0.2, 0) is 0 Å². The van der Waals surface area contributed by atoms with E-state index in [4.69, 9.17) is 0 Å². The average Bonchev–Trinajstić information content (AvgIpc) is 2.16. The number of nitrogens with zero attached hydrogens (tertiary/aromatic N) is 1. The maximum absolute atomic E-state index is 11.2. The van der Waals surface area contributed by atoms with Crippen LogP contribution in [0.1, 0.15) is 10.4 Å². The van der Waals surface area contributed by atoms with Crippen molar-refractivity contribution in [1.82, 2.24) is 0 Å². The summed E-state index contributed by atoms with van der Waals surface area (Å²) >= 11 is 2.92. The summed E-state index contributed by atoms with van der Waals surface area (Å²) < 4.78 is 0. The molecule has 0 aliphatic heterocycles. The Hall–Kier alpha value is -1.43. The van der Waals surface area contributed by atoms with E-state index in [0.717, 1.165) is 6.07 Å². The number of ketones is 1. The van der Waals surface area contributed by atoms with Crippen molar-refractivity contribution in [3.05, 3.63) is 33.9 Å². The van der Waals surface area contributed by atoms with Crippen LogP contribution < -0.4 is 0 Å². The first-order valence-corrected chi connectivity index (χ1v) is 4.75. The number of hydrogen-bond donors (Lipinski definition) is 1. The quantitative estimate of drug-likeness (QED) is 0.389. The minimum Gasteiger partial charge on any atom is -0.502 e. The fraction of sp³-hybridized carbons (Fsp3) is 0.125. The summed E-state index contributed by atoms with van der Waals surface area (Å²) in [5, 5.41) is 19.8. The number of rotatable bonds is 3. The normalized spacial score (nSPS) is 9.79. The number of para-hydroxylation sites is 1. The van der Waals surface area contributed by atoms with E-state index in [9.17, 15) is 20.0 Å². The van der Waals surface area contributed by atoms with Crippen molar-refractivity contribution < 1.29 is 14.8 Å². The highest BCUT2D eigenvalue weighted by Crippen LogP contribution is 2.29. The van der Waals surface area contributed by atoms with Gasteiger partial charge >= 0.3 is 5.69 Å². The highest BCUT2D eigenvalue weighted by molar-refractivity contribution is 9.09. The standard InChI is InChI=1S/C8H6BrNO4/c9-4-7(11)5-2-1-3-6(8(5)12)10(13)14/h1-3,12H,4H2. The second-order valence-corrected chi connectivity index (χ2v) is 3.05. The van der Waals surface area contributed by atoms with Gasteiger partial charge in [0, 0.05) is 6.07 Å². The summed E-state index contributed by atoms with van der Waals surface area (Å²) in [5.41, 5.74) is -0.507. The lowest BCUT2D eigenvalue weighted by molar-refractivity contribution is -0.385. The third-order valence-corrected chi connectivity index (χ3v) is 2.14. The molecule has 0 unspecified atom stereocenters. The molecule has 1 aromatic rings. The van der Waals surface area contributed by atoms with Gasteiger partial charge in [-0.25, -0.2) is 0 Å². The van der Waals surface area contributed by atoms with Gasteiger partial charge in [0.05, 0.1) is 15.8 Å². The van der Waals surface area contributed by atoms with Gasteiger partial charge in [-0.3, -0.25) is 14.9 Å². The lowest BCUT2D eigenvalue weighted by Gasteiger charge is -2.01. The van der Waals surface area contributed by atoms with Gasteiger partial charge in [0.25, 0.3) is 0 Å². The van der Waals surface area contributed by atoms with E-state index in [1.807, 2.05) is 0 Å². The molecule has 1 rings (SSSR count). The van der Waals surface area contributed by atoms with E-state index in [2.05, 4.69) is 15.9 Å². The van der Waals surface area contributed by atoms with Crippen molar-refractivity contribution in [2.24, 2.45) is 0 Å². The Bertz CT molecular complexity index is 391. The molecular weight excluding hydrogens is 254 g/mol. The second-order valence-electron chi connectivity index (χ2n) is 2.49. The summed E-state index contributed by atoms with van der Waals surface area (Å²) in [6.45, 7) is 0.